The van der Waals surface area contributed by atoms with Gasteiger partial charge in [0.25, 0.3) is 5.91 Å². The number of carbonyl (C=O) groups excluding carboxylic acids is 1. The van der Waals surface area contributed by atoms with Gasteiger partial charge >= 0.3 is 0 Å². The first-order valence-corrected chi connectivity index (χ1v) is 8.60. The molecule has 0 aliphatic carbocycles. The number of aryl methyl sites for hydroxylation is 1. The number of hydrogen-bond acceptors (Lipinski definition) is 4. The van der Waals surface area contributed by atoms with E-state index < -0.39 is 0 Å². The molecule has 0 N–H and O–H groups in total. The zero-order valence-corrected chi connectivity index (χ0v) is 14.5. The second-order valence-corrected chi connectivity index (χ2v) is 6.58. The Morgan fingerprint density at radius 1 is 1.28 bits per heavy atom. The van der Waals surface area contributed by atoms with Crippen LogP contribution in [0.1, 0.15) is 40.9 Å². The molecule has 25 heavy (non-hydrogen) atoms. The number of furan rings is 1. The summed E-state index contributed by atoms with van der Waals surface area (Å²) in [5, 5.41) is 4.52. The Labute approximate surface area is 150 Å². The number of amides is 1. The van der Waals surface area contributed by atoms with Crippen molar-refractivity contribution in [1.29, 1.82) is 0 Å². The van der Waals surface area contributed by atoms with Crippen molar-refractivity contribution in [3.63, 3.8) is 0 Å². The van der Waals surface area contributed by atoms with Crippen molar-refractivity contribution in [2.75, 3.05) is 6.54 Å². The highest BCUT2D eigenvalue weighted by atomic mass is 35.5. The van der Waals surface area contributed by atoms with Gasteiger partial charge in [-0.2, -0.15) is 0 Å². The summed E-state index contributed by atoms with van der Waals surface area (Å²) >= 11 is 6.21. The van der Waals surface area contributed by atoms with E-state index in [9.17, 15) is 4.79 Å². The van der Waals surface area contributed by atoms with Gasteiger partial charge in [-0.1, -0.05) is 28.9 Å². The molecule has 1 fully saturated rings. The van der Waals surface area contributed by atoms with Gasteiger partial charge in [-0.25, -0.2) is 0 Å². The van der Waals surface area contributed by atoms with Gasteiger partial charge in [-0.15, -0.1) is 0 Å². The van der Waals surface area contributed by atoms with E-state index in [1.165, 1.54) is 0 Å². The molecule has 1 aliphatic heterocycles. The molecular weight excluding hydrogens is 340 g/mol. The average Bonchev–Trinajstić information content (AvgIpc) is 3.34. The van der Waals surface area contributed by atoms with E-state index in [1.807, 2.05) is 31.2 Å². The molecule has 1 saturated heterocycles. The standard InChI is InChI=1S/C19H17ClN2O3/c1-12-11-18(25-21-12)15-7-4-10-22(15)19(23)17-9-8-16(24-17)13-5-2-3-6-14(13)20/h2-3,5-6,8-9,11,15H,4,7,10H2,1H3. The smallest absolute Gasteiger partial charge is 0.290 e. The third-order valence-electron chi connectivity index (χ3n) is 4.44. The van der Waals surface area contributed by atoms with Crippen LogP contribution in [0.25, 0.3) is 11.3 Å². The topological polar surface area (TPSA) is 59.5 Å². The van der Waals surface area contributed by atoms with E-state index in [4.69, 9.17) is 20.5 Å². The monoisotopic (exact) mass is 356 g/mol. The van der Waals surface area contributed by atoms with Gasteiger partial charge in [0.15, 0.2) is 11.5 Å². The van der Waals surface area contributed by atoms with Crippen molar-refractivity contribution in [1.82, 2.24) is 10.1 Å². The van der Waals surface area contributed by atoms with Crippen LogP contribution in [0.15, 0.2) is 51.4 Å². The highest BCUT2D eigenvalue weighted by molar-refractivity contribution is 6.33. The lowest BCUT2D eigenvalue weighted by Gasteiger charge is -2.21. The summed E-state index contributed by atoms with van der Waals surface area (Å²) in [6, 6.07) is 12.7. The quantitative estimate of drug-likeness (QED) is 0.671. The third kappa shape index (κ3) is 2.96. The van der Waals surface area contributed by atoms with Crippen LogP contribution in [0.4, 0.5) is 0 Å². The summed E-state index contributed by atoms with van der Waals surface area (Å²) in [5.74, 6) is 1.47. The molecule has 1 aliphatic rings. The van der Waals surface area contributed by atoms with Gasteiger partial charge in [0, 0.05) is 18.2 Å². The molecule has 5 nitrogen and oxygen atoms in total. The molecule has 1 aromatic carbocycles. The van der Waals surface area contributed by atoms with Gasteiger partial charge in [-0.05, 0) is 44.0 Å². The first-order chi connectivity index (χ1) is 12.1. The maximum atomic E-state index is 12.9. The maximum Gasteiger partial charge on any atom is 0.290 e. The van der Waals surface area contributed by atoms with Crippen molar-refractivity contribution >= 4 is 17.5 Å². The van der Waals surface area contributed by atoms with E-state index in [-0.39, 0.29) is 11.9 Å². The SMILES string of the molecule is Cc1cc(C2CCCN2C(=O)c2ccc(-c3ccccc3Cl)o2)on1. The molecule has 2 aromatic heterocycles. The fourth-order valence-corrected chi connectivity index (χ4v) is 3.47. The van der Waals surface area contributed by atoms with Crippen molar-refractivity contribution in [2.45, 2.75) is 25.8 Å². The zero-order valence-electron chi connectivity index (χ0n) is 13.7. The Balaban J connectivity index is 1.60. The first-order valence-electron chi connectivity index (χ1n) is 8.22. The first kappa shape index (κ1) is 16.0. The van der Waals surface area contributed by atoms with Gasteiger partial charge in [0.05, 0.1) is 16.8 Å². The predicted molar refractivity (Wildman–Crippen MR) is 93.4 cm³/mol. The highest BCUT2D eigenvalue weighted by Crippen LogP contribution is 2.35. The number of halogens is 1. The van der Waals surface area contributed by atoms with Crippen LogP contribution in [0, 0.1) is 6.92 Å². The molecule has 0 spiro atoms. The maximum absolute atomic E-state index is 12.9. The Hall–Kier alpha value is -2.53. The van der Waals surface area contributed by atoms with Crippen LogP contribution < -0.4 is 0 Å². The van der Waals surface area contributed by atoms with Gasteiger partial charge in [0.2, 0.25) is 0 Å². The number of aromatic nitrogens is 1. The number of carbonyl (C=O) groups is 1. The van der Waals surface area contributed by atoms with Crippen LogP contribution in [0.5, 0.6) is 0 Å². The van der Waals surface area contributed by atoms with Crippen LogP contribution in [-0.4, -0.2) is 22.5 Å². The van der Waals surface area contributed by atoms with E-state index in [2.05, 4.69) is 5.16 Å². The molecule has 0 saturated carbocycles. The van der Waals surface area contributed by atoms with Crippen LogP contribution >= 0.6 is 11.6 Å². The van der Waals surface area contributed by atoms with E-state index in [1.54, 1.807) is 23.1 Å². The van der Waals surface area contributed by atoms with Gasteiger partial charge in [0.1, 0.15) is 5.76 Å². The van der Waals surface area contributed by atoms with E-state index in [0.717, 1.165) is 29.9 Å². The molecule has 0 bridgehead atoms. The molecule has 1 unspecified atom stereocenters. The molecule has 1 amide bonds. The number of likely N-dealkylation sites (tertiary alicyclic amines) is 1. The van der Waals surface area contributed by atoms with Crippen molar-refractivity contribution < 1.29 is 13.7 Å². The molecule has 1 atom stereocenters. The summed E-state index contributed by atoms with van der Waals surface area (Å²) in [6.07, 6.45) is 1.78. The Kier molecular flexibility index (Phi) is 4.09. The second kappa shape index (κ2) is 6.41. The van der Waals surface area contributed by atoms with Gasteiger partial charge < -0.3 is 13.8 Å². The molecule has 3 heterocycles. The van der Waals surface area contributed by atoms with E-state index in [0.29, 0.717) is 23.1 Å². The fourth-order valence-electron chi connectivity index (χ4n) is 3.25. The van der Waals surface area contributed by atoms with Crippen LogP contribution in [0.3, 0.4) is 0 Å². The Morgan fingerprint density at radius 3 is 2.88 bits per heavy atom. The largest absolute Gasteiger partial charge is 0.451 e. The lowest BCUT2D eigenvalue weighted by molar-refractivity contribution is 0.0683. The van der Waals surface area contributed by atoms with Crippen LogP contribution in [0.2, 0.25) is 5.02 Å². The number of nitrogens with zero attached hydrogens (tertiary/aromatic N) is 2. The van der Waals surface area contributed by atoms with Crippen molar-refractivity contribution in [3.8, 4) is 11.3 Å². The molecule has 3 aromatic rings. The third-order valence-corrected chi connectivity index (χ3v) is 4.77. The molecule has 128 valence electrons. The number of benzene rings is 1. The van der Waals surface area contributed by atoms with Crippen molar-refractivity contribution in [3.05, 3.63) is 64.7 Å². The molecule has 4 rings (SSSR count). The summed E-state index contributed by atoms with van der Waals surface area (Å²) < 4.78 is 11.2. The highest BCUT2D eigenvalue weighted by Gasteiger charge is 2.34. The fraction of sp³-hybridized carbons (Fsp3) is 0.263. The lowest BCUT2D eigenvalue weighted by Crippen LogP contribution is -2.30. The van der Waals surface area contributed by atoms with Gasteiger partial charge in [-0.3, -0.25) is 4.79 Å². The predicted octanol–water partition coefficient (Wildman–Crippen LogP) is 4.87. The molecular formula is C19H17ClN2O3. The minimum Gasteiger partial charge on any atom is -0.451 e. The summed E-state index contributed by atoms with van der Waals surface area (Å²) in [5.41, 5.74) is 1.58. The average molecular weight is 357 g/mol. The Morgan fingerprint density at radius 2 is 2.12 bits per heavy atom. The minimum atomic E-state index is -0.144. The van der Waals surface area contributed by atoms with Crippen LogP contribution in [-0.2, 0) is 0 Å². The van der Waals surface area contributed by atoms with Crippen molar-refractivity contribution in [2.24, 2.45) is 0 Å². The second-order valence-electron chi connectivity index (χ2n) is 6.17. The Bertz CT molecular complexity index is 915. The molecule has 0 radical (unpaired) electrons. The number of hydrogen-bond donors (Lipinski definition) is 0. The zero-order chi connectivity index (χ0) is 17.4. The summed E-state index contributed by atoms with van der Waals surface area (Å²) in [6.45, 7) is 2.54. The molecule has 6 heteroatoms. The minimum absolute atomic E-state index is 0.0948. The summed E-state index contributed by atoms with van der Waals surface area (Å²) in [7, 11) is 0. The lowest BCUT2D eigenvalue weighted by atomic mass is 10.1. The van der Waals surface area contributed by atoms with E-state index >= 15 is 0 Å². The number of rotatable bonds is 3. The summed E-state index contributed by atoms with van der Waals surface area (Å²) in [4.78, 5) is 14.7. The normalized spacial score (nSPS) is 17.2.